The molecule has 6 aromatic carbocycles. The molecule has 0 N–H and O–H groups in total. The monoisotopic (exact) mass is 873 g/mol. The summed E-state index contributed by atoms with van der Waals surface area (Å²) in [5.41, 5.74) is 9.22. The van der Waals surface area contributed by atoms with E-state index < -0.39 is 13.3 Å². The molecule has 241 valence electrons. The molecule has 3 heterocycles. The zero-order valence-electron chi connectivity index (χ0n) is 27.6. The average molecular weight is 872 g/mol. The number of hydrogen-bond acceptors (Lipinski definition) is 3. The zero-order chi connectivity index (χ0) is 32.7. The molecule has 0 saturated carbocycles. The van der Waals surface area contributed by atoms with Crippen molar-refractivity contribution in [1.82, 2.24) is 4.98 Å². The maximum Gasteiger partial charge on any atom is 0.120 e. The largest absolute Gasteiger partial charge is 0.501 e. The van der Waals surface area contributed by atoms with E-state index >= 15 is 0 Å². The smallest absolute Gasteiger partial charge is 0.120 e. The van der Waals surface area contributed by atoms with Crippen LogP contribution in [0.1, 0.15) is 22.6 Å². The molecule has 0 amide bonds. The number of furan rings is 1. The van der Waals surface area contributed by atoms with Crippen molar-refractivity contribution < 1.29 is 24.5 Å². The Labute approximate surface area is 303 Å². The van der Waals surface area contributed by atoms with E-state index in [1.165, 1.54) is 26.3 Å². The van der Waals surface area contributed by atoms with Crippen molar-refractivity contribution in [3.05, 3.63) is 175 Å². The van der Waals surface area contributed by atoms with Gasteiger partial charge in [-0.15, -0.1) is 18.2 Å². The zero-order valence-corrected chi connectivity index (χ0v) is 32.1. The minimum Gasteiger partial charge on any atom is -0.501 e. The van der Waals surface area contributed by atoms with Crippen LogP contribution < -0.4 is 4.40 Å². The van der Waals surface area contributed by atoms with Gasteiger partial charge in [0.05, 0.1) is 11.3 Å². The van der Waals surface area contributed by atoms with Crippen LogP contribution in [-0.4, -0.2) is 24.0 Å². The second kappa shape index (κ2) is 13.7. The maximum atomic E-state index is 6.34. The number of hydrogen-bond donors (Lipinski definition) is 0. The molecule has 0 saturated heterocycles. The summed E-state index contributed by atoms with van der Waals surface area (Å²) < 4.78 is 7.78. The molecular formula is C44H34GeIrN2O-2. The van der Waals surface area contributed by atoms with E-state index in [1.807, 2.05) is 54.7 Å². The van der Waals surface area contributed by atoms with Gasteiger partial charge in [0.2, 0.25) is 0 Å². The fourth-order valence-corrected chi connectivity index (χ4v) is 8.70. The number of para-hydroxylation sites is 2. The van der Waals surface area contributed by atoms with Gasteiger partial charge in [0.1, 0.15) is 5.58 Å². The fraction of sp³-hybridized carbons (Fsp3) is 0.0909. The van der Waals surface area contributed by atoms with E-state index in [9.17, 15) is 0 Å². The van der Waals surface area contributed by atoms with Gasteiger partial charge in [-0.2, -0.15) is 0 Å². The molecule has 1 unspecified atom stereocenters. The SMILES string of the molecule is [CH3][Ge]([CH3])([CH3])[c]1ccc(-c2[c-]cccc2)nc1.[Ir].[c-]1ccc2c(oc3ccccc32)c1C1=Nc2ccccc2C1c1ccc2ccccc2c1. The Bertz CT molecular complexity index is 2440. The van der Waals surface area contributed by atoms with Gasteiger partial charge in [0.15, 0.2) is 0 Å². The van der Waals surface area contributed by atoms with Crippen molar-refractivity contribution in [2.24, 2.45) is 4.99 Å². The summed E-state index contributed by atoms with van der Waals surface area (Å²) in [5, 5.41) is 4.70. The van der Waals surface area contributed by atoms with Crippen LogP contribution in [-0.2, 0) is 20.1 Å². The van der Waals surface area contributed by atoms with E-state index in [4.69, 9.17) is 9.41 Å². The number of benzene rings is 6. The number of pyridine rings is 1. The van der Waals surface area contributed by atoms with Crippen LogP contribution >= 0.6 is 0 Å². The van der Waals surface area contributed by atoms with E-state index in [0.29, 0.717) is 0 Å². The van der Waals surface area contributed by atoms with E-state index in [2.05, 4.69) is 125 Å². The van der Waals surface area contributed by atoms with Gasteiger partial charge < -0.3 is 4.42 Å². The molecule has 49 heavy (non-hydrogen) atoms. The average Bonchev–Trinajstić information content (AvgIpc) is 3.71. The summed E-state index contributed by atoms with van der Waals surface area (Å²) in [6.07, 6.45) is 2.04. The third kappa shape index (κ3) is 6.45. The molecule has 0 aliphatic carbocycles. The standard InChI is InChI=1S/C30H18NO.C14H16GeN.Ir/c1-2-9-20-18-21(17-16-19(20)8-1)28-24-11-3-5-14-26(24)31-29(28)25-13-7-12-23-22-10-4-6-15-27(22)32-30(23)25;1-15(2,3)13-9-10-14(16-11-13)12-7-5-4-6-8-12;/h1-12,14-18,28H;4-7,9-11H,1-3H3;/q2*-1;. The Balaban J connectivity index is 0.000000189. The fourth-order valence-electron chi connectivity index (χ4n) is 6.53. The van der Waals surface area contributed by atoms with Crippen molar-refractivity contribution in [3.8, 4) is 11.3 Å². The van der Waals surface area contributed by atoms with Crippen molar-refractivity contribution in [2.75, 3.05) is 0 Å². The number of aliphatic imine (C=N–C) groups is 1. The summed E-state index contributed by atoms with van der Waals surface area (Å²) >= 11 is -1.72. The van der Waals surface area contributed by atoms with E-state index in [0.717, 1.165) is 50.2 Å². The molecule has 1 radical (unpaired) electrons. The quantitative estimate of drug-likeness (QED) is 0.131. The first kappa shape index (κ1) is 32.9. The van der Waals surface area contributed by atoms with E-state index in [1.54, 1.807) is 0 Å². The van der Waals surface area contributed by atoms with Gasteiger partial charge in [-0.05, 0) is 39.7 Å². The van der Waals surface area contributed by atoms with Gasteiger partial charge >= 0.3 is 99.8 Å². The number of fused-ring (bicyclic) bond motifs is 5. The number of rotatable bonds is 4. The first-order valence-corrected chi connectivity index (χ1v) is 23.7. The summed E-state index contributed by atoms with van der Waals surface area (Å²) in [5.74, 6) is 7.17. The normalized spacial score (nSPS) is 13.8. The number of aromatic nitrogens is 1. The summed E-state index contributed by atoms with van der Waals surface area (Å²) in [7, 11) is 0. The molecule has 5 heteroatoms. The summed E-state index contributed by atoms with van der Waals surface area (Å²) in [6.45, 7) is 0. The number of nitrogens with zero attached hydrogens (tertiary/aromatic N) is 2. The van der Waals surface area contributed by atoms with Crippen molar-refractivity contribution in [2.45, 2.75) is 23.2 Å². The predicted molar refractivity (Wildman–Crippen MR) is 202 cm³/mol. The van der Waals surface area contributed by atoms with Gasteiger partial charge in [-0.25, -0.2) is 0 Å². The minimum absolute atomic E-state index is 0. The van der Waals surface area contributed by atoms with Crippen molar-refractivity contribution in [3.63, 3.8) is 0 Å². The molecule has 2 aromatic heterocycles. The summed E-state index contributed by atoms with van der Waals surface area (Å²) in [4.78, 5) is 9.64. The van der Waals surface area contributed by atoms with Crippen molar-refractivity contribution in [1.29, 1.82) is 0 Å². The maximum absolute atomic E-state index is 6.34. The van der Waals surface area contributed by atoms with Crippen LogP contribution in [0.25, 0.3) is 44.0 Å². The Morgan fingerprint density at radius 1 is 0.673 bits per heavy atom. The van der Waals surface area contributed by atoms with Crippen LogP contribution in [0.4, 0.5) is 5.69 Å². The molecule has 0 fully saturated rings. The Morgan fingerprint density at radius 3 is 2.24 bits per heavy atom. The molecular weight excluding hydrogens is 837 g/mol. The van der Waals surface area contributed by atoms with Gasteiger partial charge in [0, 0.05) is 31.4 Å². The Hall–Kier alpha value is -4.61. The molecule has 1 aliphatic rings. The Morgan fingerprint density at radius 2 is 1.45 bits per heavy atom. The topological polar surface area (TPSA) is 38.4 Å². The minimum atomic E-state index is -1.72. The second-order valence-corrected chi connectivity index (χ2v) is 23.9. The predicted octanol–water partition coefficient (Wildman–Crippen LogP) is 10.9. The van der Waals surface area contributed by atoms with Crippen LogP contribution in [0, 0.1) is 12.1 Å². The molecule has 1 atom stereocenters. The molecule has 8 aromatic rings. The molecule has 3 nitrogen and oxygen atoms in total. The van der Waals surface area contributed by atoms with Crippen LogP contribution in [0.5, 0.6) is 0 Å². The van der Waals surface area contributed by atoms with Crippen molar-refractivity contribution >= 4 is 61.8 Å². The van der Waals surface area contributed by atoms with Crippen LogP contribution in [0.2, 0.25) is 17.3 Å². The molecule has 9 rings (SSSR count). The first-order chi connectivity index (χ1) is 23.4. The van der Waals surface area contributed by atoms with E-state index in [-0.39, 0.29) is 26.0 Å². The first-order valence-electron chi connectivity index (χ1n) is 16.4. The van der Waals surface area contributed by atoms with Gasteiger partial charge in [0.25, 0.3) is 0 Å². The Kier molecular flexibility index (Phi) is 9.22. The molecule has 0 spiro atoms. The third-order valence-corrected chi connectivity index (χ3v) is 13.3. The third-order valence-electron chi connectivity index (χ3n) is 9.08. The summed E-state index contributed by atoms with van der Waals surface area (Å²) in [6, 6.07) is 54.8. The van der Waals surface area contributed by atoms with Gasteiger partial charge in [-0.1, -0.05) is 89.8 Å². The van der Waals surface area contributed by atoms with Crippen LogP contribution in [0.15, 0.2) is 155 Å². The van der Waals surface area contributed by atoms with Gasteiger partial charge in [-0.3, -0.25) is 4.99 Å². The second-order valence-electron chi connectivity index (χ2n) is 13.2. The van der Waals surface area contributed by atoms with Crippen LogP contribution in [0.3, 0.4) is 0 Å². The molecule has 1 aliphatic heterocycles. The molecule has 0 bridgehead atoms.